The highest BCUT2D eigenvalue weighted by Crippen LogP contribution is 2.32. The Balaban J connectivity index is 1.94. The molecule has 1 heterocycles. The molecule has 0 aromatic carbocycles. The molecule has 1 aliphatic carbocycles. The van der Waals surface area contributed by atoms with Gasteiger partial charge >= 0.3 is 0 Å². The molecule has 1 unspecified atom stereocenters. The second-order valence-electron chi connectivity index (χ2n) is 4.10. The SMILES string of the molecule is BrC1=CC(C2CCCCC2)OCC1. The maximum Gasteiger partial charge on any atom is 0.0794 e. The maximum atomic E-state index is 5.78. The molecule has 2 aliphatic rings. The molecule has 0 radical (unpaired) electrons. The summed E-state index contributed by atoms with van der Waals surface area (Å²) in [7, 11) is 0. The Bertz CT molecular complexity index is 194. The summed E-state index contributed by atoms with van der Waals surface area (Å²) >= 11 is 3.58. The zero-order chi connectivity index (χ0) is 9.10. The Kier molecular flexibility index (Phi) is 3.45. The molecular formula is C11H17BrO. The Hall–Kier alpha value is 0.180. The number of hydrogen-bond donors (Lipinski definition) is 0. The minimum Gasteiger partial charge on any atom is -0.373 e. The van der Waals surface area contributed by atoms with Crippen LogP contribution in [0.5, 0.6) is 0 Å². The van der Waals surface area contributed by atoms with E-state index < -0.39 is 0 Å². The first-order valence-corrected chi connectivity index (χ1v) is 6.13. The number of rotatable bonds is 1. The van der Waals surface area contributed by atoms with E-state index in [1.807, 2.05) is 0 Å². The fraction of sp³-hybridized carbons (Fsp3) is 0.818. The minimum atomic E-state index is 0.406. The van der Waals surface area contributed by atoms with Gasteiger partial charge in [0.2, 0.25) is 0 Å². The van der Waals surface area contributed by atoms with Gasteiger partial charge in [-0.25, -0.2) is 0 Å². The van der Waals surface area contributed by atoms with Gasteiger partial charge in [-0.1, -0.05) is 35.2 Å². The van der Waals surface area contributed by atoms with Crippen LogP contribution in [0.2, 0.25) is 0 Å². The van der Waals surface area contributed by atoms with Crippen molar-refractivity contribution in [3.05, 3.63) is 10.6 Å². The summed E-state index contributed by atoms with van der Waals surface area (Å²) in [4.78, 5) is 0. The summed E-state index contributed by atoms with van der Waals surface area (Å²) in [6.07, 6.45) is 10.7. The van der Waals surface area contributed by atoms with Gasteiger partial charge in [-0.2, -0.15) is 0 Å². The Morgan fingerprint density at radius 2 is 2.00 bits per heavy atom. The molecule has 1 fully saturated rings. The molecule has 1 nitrogen and oxygen atoms in total. The van der Waals surface area contributed by atoms with E-state index in [1.165, 1.54) is 36.6 Å². The van der Waals surface area contributed by atoms with Crippen LogP contribution in [0.1, 0.15) is 38.5 Å². The van der Waals surface area contributed by atoms with Crippen molar-refractivity contribution in [3.63, 3.8) is 0 Å². The van der Waals surface area contributed by atoms with Crippen LogP contribution >= 0.6 is 15.9 Å². The lowest BCUT2D eigenvalue weighted by molar-refractivity contribution is 0.0265. The van der Waals surface area contributed by atoms with Crippen molar-refractivity contribution in [1.29, 1.82) is 0 Å². The van der Waals surface area contributed by atoms with Gasteiger partial charge in [-0.3, -0.25) is 0 Å². The molecule has 1 saturated carbocycles. The highest BCUT2D eigenvalue weighted by Gasteiger charge is 2.24. The highest BCUT2D eigenvalue weighted by molar-refractivity contribution is 9.11. The van der Waals surface area contributed by atoms with Crippen molar-refractivity contribution < 1.29 is 4.74 Å². The normalized spacial score (nSPS) is 31.5. The quantitative estimate of drug-likeness (QED) is 0.685. The van der Waals surface area contributed by atoms with Crippen molar-refractivity contribution in [2.45, 2.75) is 44.6 Å². The van der Waals surface area contributed by atoms with E-state index in [9.17, 15) is 0 Å². The molecular weight excluding hydrogens is 228 g/mol. The predicted molar refractivity (Wildman–Crippen MR) is 57.9 cm³/mol. The molecule has 0 amide bonds. The molecule has 1 atom stereocenters. The van der Waals surface area contributed by atoms with Crippen molar-refractivity contribution in [1.82, 2.24) is 0 Å². The van der Waals surface area contributed by atoms with Crippen molar-refractivity contribution in [2.75, 3.05) is 6.61 Å². The molecule has 2 rings (SSSR count). The summed E-state index contributed by atoms with van der Waals surface area (Å²) in [5.74, 6) is 0.793. The topological polar surface area (TPSA) is 9.23 Å². The van der Waals surface area contributed by atoms with Gasteiger partial charge in [0.1, 0.15) is 0 Å². The van der Waals surface area contributed by atoms with E-state index in [2.05, 4.69) is 22.0 Å². The standard InChI is InChI=1S/C11H17BrO/c12-10-6-7-13-11(8-10)9-4-2-1-3-5-9/h8-9,11H,1-7H2. The van der Waals surface area contributed by atoms with Crippen LogP contribution in [0.4, 0.5) is 0 Å². The molecule has 0 saturated heterocycles. The van der Waals surface area contributed by atoms with Crippen LogP contribution in [0.15, 0.2) is 10.6 Å². The first kappa shape index (κ1) is 9.72. The maximum absolute atomic E-state index is 5.78. The zero-order valence-electron chi connectivity index (χ0n) is 7.97. The summed E-state index contributed by atoms with van der Waals surface area (Å²) < 4.78 is 7.12. The smallest absolute Gasteiger partial charge is 0.0794 e. The van der Waals surface area contributed by atoms with E-state index in [0.29, 0.717) is 6.10 Å². The highest BCUT2D eigenvalue weighted by atomic mass is 79.9. The molecule has 74 valence electrons. The Labute approximate surface area is 88.7 Å². The fourth-order valence-electron chi connectivity index (χ4n) is 2.34. The molecule has 0 aromatic rings. The summed E-state index contributed by atoms with van der Waals surface area (Å²) in [6, 6.07) is 0. The number of hydrogen-bond acceptors (Lipinski definition) is 1. The minimum absolute atomic E-state index is 0.406. The second kappa shape index (κ2) is 4.61. The third-order valence-corrected chi connectivity index (χ3v) is 3.77. The predicted octanol–water partition coefficient (Wildman–Crippen LogP) is 3.63. The van der Waals surface area contributed by atoms with Gasteiger partial charge in [-0.15, -0.1) is 0 Å². The van der Waals surface area contributed by atoms with Crippen LogP contribution in [0.25, 0.3) is 0 Å². The number of halogens is 1. The average molecular weight is 245 g/mol. The van der Waals surface area contributed by atoms with Gasteiger partial charge in [-0.05, 0) is 29.3 Å². The Morgan fingerprint density at radius 1 is 1.23 bits per heavy atom. The van der Waals surface area contributed by atoms with E-state index in [0.717, 1.165) is 18.9 Å². The van der Waals surface area contributed by atoms with Crippen molar-refractivity contribution in [2.24, 2.45) is 5.92 Å². The molecule has 13 heavy (non-hydrogen) atoms. The molecule has 0 aromatic heterocycles. The molecule has 1 aliphatic heterocycles. The van der Waals surface area contributed by atoms with E-state index >= 15 is 0 Å². The fourth-order valence-corrected chi connectivity index (χ4v) is 2.76. The third-order valence-electron chi connectivity index (χ3n) is 3.11. The van der Waals surface area contributed by atoms with E-state index in [1.54, 1.807) is 0 Å². The largest absolute Gasteiger partial charge is 0.373 e. The van der Waals surface area contributed by atoms with Gasteiger partial charge in [0.05, 0.1) is 12.7 Å². The molecule has 0 N–H and O–H groups in total. The molecule has 0 bridgehead atoms. The van der Waals surface area contributed by atoms with Crippen LogP contribution < -0.4 is 0 Å². The lowest BCUT2D eigenvalue weighted by Gasteiger charge is -2.30. The third kappa shape index (κ3) is 2.57. The summed E-state index contributed by atoms with van der Waals surface area (Å²) in [6.45, 7) is 0.901. The van der Waals surface area contributed by atoms with Gasteiger partial charge in [0, 0.05) is 6.42 Å². The molecule has 0 spiro atoms. The summed E-state index contributed by atoms with van der Waals surface area (Å²) in [5.41, 5.74) is 0. The zero-order valence-corrected chi connectivity index (χ0v) is 9.55. The monoisotopic (exact) mass is 244 g/mol. The van der Waals surface area contributed by atoms with Gasteiger partial charge in [0.25, 0.3) is 0 Å². The summed E-state index contributed by atoms with van der Waals surface area (Å²) in [5, 5.41) is 0. The molecule has 2 heteroatoms. The second-order valence-corrected chi connectivity index (χ2v) is 5.12. The first-order valence-electron chi connectivity index (χ1n) is 5.34. The van der Waals surface area contributed by atoms with Gasteiger partial charge in [0.15, 0.2) is 0 Å². The first-order chi connectivity index (χ1) is 6.36. The lowest BCUT2D eigenvalue weighted by Crippen LogP contribution is -2.27. The van der Waals surface area contributed by atoms with Crippen molar-refractivity contribution in [3.8, 4) is 0 Å². The van der Waals surface area contributed by atoms with Crippen LogP contribution in [-0.2, 0) is 4.74 Å². The van der Waals surface area contributed by atoms with Crippen molar-refractivity contribution >= 4 is 15.9 Å². The van der Waals surface area contributed by atoms with Gasteiger partial charge < -0.3 is 4.74 Å². The Morgan fingerprint density at radius 3 is 2.69 bits per heavy atom. The lowest BCUT2D eigenvalue weighted by atomic mass is 9.84. The van der Waals surface area contributed by atoms with Crippen LogP contribution in [-0.4, -0.2) is 12.7 Å². The van der Waals surface area contributed by atoms with Crippen LogP contribution in [0, 0.1) is 5.92 Å². The van der Waals surface area contributed by atoms with Crippen LogP contribution in [0.3, 0.4) is 0 Å². The van der Waals surface area contributed by atoms with E-state index in [4.69, 9.17) is 4.74 Å². The van der Waals surface area contributed by atoms with E-state index in [-0.39, 0.29) is 0 Å². The average Bonchev–Trinajstić information content (AvgIpc) is 2.19. The number of ether oxygens (including phenoxy) is 1.